The van der Waals surface area contributed by atoms with E-state index in [1.807, 2.05) is 6.92 Å². The number of para-hydroxylation sites is 1. The average molecular weight is 483 g/mol. The number of carbonyl (C=O) groups excluding carboxylic acids is 2. The summed E-state index contributed by atoms with van der Waals surface area (Å²) in [5.74, 6) is -0.482. The molecule has 1 atom stereocenters. The molecule has 35 heavy (non-hydrogen) atoms. The first kappa shape index (κ1) is 26.1. The van der Waals surface area contributed by atoms with Gasteiger partial charge in [-0.15, -0.1) is 0 Å². The summed E-state index contributed by atoms with van der Waals surface area (Å²) in [7, 11) is 3.02. The molecule has 1 N–H and O–H groups in total. The molecule has 1 aliphatic heterocycles. The first-order chi connectivity index (χ1) is 16.9. The summed E-state index contributed by atoms with van der Waals surface area (Å²) in [5.41, 5.74) is 0.767. The number of amides is 1. The van der Waals surface area contributed by atoms with Crippen LogP contribution in [-0.4, -0.2) is 63.6 Å². The zero-order valence-corrected chi connectivity index (χ0v) is 21.1. The van der Waals surface area contributed by atoms with Crippen LogP contribution in [0.15, 0.2) is 48.0 Å². The Balaban J connectivity index is 2.16. The third kappa shape index (κ3) is 5.27. The van der Waals surface area contributed by atoms with Crippen LogP contribution in [0.2, 0.25) is 0 Å². The van der Waals surface area contributed by atoms with Gasteiger partial charge in [0.15, 0.2) is 11.5 Å². The molecule has 1 heterocycles. The van der Waals surface area contributed by atoms with Crippen molar-refractivity contribution in [2.75, 3.05) is 47.0 Å². The number of rotatable bonds is 11. The van der Waals surface area contributed by atoms with Crippen LogP contribution in [0.1, 0.15) is 37.9 Å². The highest BCUT2D eigenvalue weighted by Gasteiger charge is 2.45. The number of quaternary nitrogens is 1. The van der Waals surface area contributed by atoms with Gasteiger partial charge < -0.3 is 29.1 Å². The molecule has 188 valence electrons. The van der Waals surface area contributed by atoms with Crippen molar-refractivity contribution >= 4 is 17.4 Å². The quantitative estimate of drug-likeness (QED) is 0.295. The number of nitrogens with one attached hydrogen (secondary N) is 1. The van der Waals surface area contributed by atoms with E-state index in [0.29, 0.717) is 48.1 Å². The lowest BCUT2D eigenvalue weighted by Gasteiger charge is -2.29. The third-order valence-corrected chi connectivity index (χ3v) is 6.39. The Labute approximate surface area is 206 Å². The van der Waals surface area contributed by atoms with Crippen LogP contribution in [0.25, 0.3) is 5.76 Å². The summed E-state index contributed by atoms with van der Waals surface area (Å²) in [5, 5.41) is 13.7. The average Bonchev–Trinajstić information content (AvgIpc) is 3.13. The highest BCUT2D eigenvalue weighted by Crippen LogP contribution is 2.44. The number of carbonyl (C=O) groups is 2. The molecule has 0 saturated carbocycles. The van der Waals surface area contributed by atoms with Crippen molar-refractivity contribution < 1.29 is 33.8 Å². The summed E-state index contributed by atoms with van der Waals surface area (Å²) in [6, 6.07) is 11.0. The molecule has 0 radical (unpaired) electrons. The Morgan fingerprint density at radius 2 is 1.69 bits per heavy atom. The van der Waals surface area contributed by atoms with Crippen molar-refractivity contribution in [1.82, 2.24) is 4.90 Å². The van der Waals surface area contributed by atoms with E-state index >= 15 is 0 Å². The van der Waals surface area contributed by atoms with Gasteiger partial charge in [0.05, 0.1) is 53.0 Å². The molecule has 2 aromatic rings. The Bertz CT molecular complexity index is 1080. The van der Waals surface area contributed by atoms with Gasteiger partial charge in [0.1, 0.15) is 5.75 Å². The van der Waals surface area contributed by atoms with Crippen LogP contribution in [0, 0.1) is 0 Å². The fourth-order valence-electron chi connectivity index (χ4n) is 4.46. The smallest absolute Gasteiger partial charge is 0.295 e. The maximum Gasteiger partial charge on any atom is 0.295 e. The van der Waals surface area contributed by atoms with E-state index in [9.17, 15) is 14.7 Å². The molecule has 0 aliphatic carbocycles. The molecule has 2 aromatic carbocycles. The van der Waals surface area contributed by atoms with E-state index in [2.05, 4.69) is 13.8 Å². The maximum absolute atomic E-state index is 13.7. The Morgan fingerprint density at radius 3 is 2.26 bits per heavy atom. The standard InChI is InChI=1S/C27H34N2O6/c1-6-28(7-2)16-17-29-23(20-10-9-11-21(33-4)26(20)34-5)22(25(31)27(29)32)24(30)18-12-14-19(15-13-18)35-8-3/h9-15,23,30H,6-8,16-17H2,1-5H3. The van der Waals surface area contributed by atoms with Crippen LogP contribution in [-0.2, 0) is 9.59 Å². The minimum Gasteiger partial charge on any atom is -0.872 e. The molecule has 8 nitrogen and oxygen atoms in total. The van der Waals surface area contributed by atoms with E-state index in [0.717, 1.165) is 13.1 Å². The molecular formula is C27H34N2O6. The summed E-state index contributed by atoms with van der Waals surface area (Å²) in [6.45, 7) is 9.28. The van der Waals surface area contributed by atoms with Crippen LogP contribution in [0.4, 0.5) is 0 Å². The predicted molar refractivity (Wildman–Crippen MR) is 130 cm³/mol. The second kappa shape index (κ2) is 11.8. The Kier molecular flexibility index (Phi) is 8.76. The molecule has 1 amide bonds. The second-order valence-corrected chi connectivity index (χ2v) is 8.22. The molecule has 1 fully saturated rings. The van der Waals surface area contributed by atoms with E-state index in [1.165, 1.54) is 24.0 Å². The lowest BCUT2D eigenvalue weighted by molar-refractivity contribution is -0.895. The first-order valence-corrected chi connectivity index (χ1v) is 12.0. The van der Waals surface area contributed by atoms with Crippen molar-refractivity contribution in [3.8, 4) is 17.2 Å². The number of methoxy groups -OCH3 is 2. The monoisotopic (exact) mass is 482 g/mol. The summed E-state index contributed by atoms with van der Waals surface area (Å²) in [4.78, 5) is 29.3. The topological polar surface area (TPSA) is 92.6 Å². The molecule has 1 unspecified atom stereocenters. The largest absolute Gasteiger partial charge is 0.872 e. The zero-order chi connectivity index (χ0) is 25.5. The molecule has 0 aromatic heterocycles. The predicted octanol–water partition coefficient (Wildman–Crippen LogP) is 1.25. The van der Waals surface area contributed by atoms with Crippen LogP contribution < -0.4 is 24.2 Å². The maximum atomic E-state index is 13.7. The van der Waals surface area contributed by atoms with E-state index in [-0.39, 0.29) is 5.57 Å². The third-order valence-electron chi connectivity index (χ3n) is 6.39. The highest BCUT2D eigenvalue weighted by molar-refractivity contribution is 6.46. The molecule has 3 rings (SSSR count). The lowest BCUT2D eigenvalue weighted by Crippen LogP contribution is -3.12. The van der Waals surface area contributed by atoms with Gasteiger partial charge in [0.25, 0.3) is 5.91 Å². The molecular weight excluding hydrogens is 448 g/mol. The number of ketones is 1. The number of Topliss-reactive ketones (excluding diaryl/α,β-unsaturated/α-hetero) is 1. The van der Waals surface area contributed by atoms with Gasteiger partial charge >= 0.3 is 0 Å². The zero-order valence-electron chi connectivity index (χ0n) is 21.1. The van der Waals surface area contributed by atoms with Gasteiger partial charge in [0.2, 0.25) is 5.78 Å². The summed E-state index contributed by atoms with van der Waals surface area (Å²) >= 11 is 0. The number of likely N-dealkylation sites (N-methyl/N-ethyl adjacent to an activating group) is 1. The van der Waals surface area contributed by atoms with Gasteiger partial charge in [0, 0.05) is 11.1 Å². The van der Waals surface area contributed by atoms with Gasteiger partial charge in [-0.05, 0) is 44.5 Å². The van der Waals surface area contributed by atoms with Crippen LogP contribution >= 0.6 is 0 Å². The SMILES string of the molecule is CCOc1ccc(C([O-])=C2C(=O)C(=O)N(CC[NH+](CC)CC)C2c2cccc(OC)c2OC)cc1. The Hall–Kier alpha value is -3.52. The van der Waals surface area contributed by atoms with Crippen molar-refractivity contribution in [1.29, 1.82) is 0 Å². The van der Waals surface area contributed by atoms with Crippen molar-refractivity contribution in [3.63, 3.8) is 0 Å². The Morgan fingerprint density at radius 1 is 1.00 bits per heavy atom. The number of nitrogens with zero attached hydrogens (tertiary/aromatic N) is 1. The van der Waals surface area contributed by atoms with Crippen LogP contribution in [0.5, 0.6) is 17.2 Å². The highest BCUT2D eigenvalue weighted by atomic mass is 16.5. The van der Waals surface area contributed by atoms with Gasteiger partial charge in [-0.2, -0.15) is 0 Å². The van der Waals surface area contributed by atoms with E-state index in [4.69, 9.17) is 14.2 Å². The fourth-order valence-corrected chi connectivity index (χ4v) is 4.46. The minimum atomic E-state index is -0.880. The number of hydrogen-bond donors (Lipinski definition) is 1. The second-order valence-electron chi connectivity index (χ2n) is 8.22. The first-order valence-electron chi connectivity index (χ1n) is 12.0. The van der Waals surface area contributed by atoms with Crippen molar-refractivity contribution in [2.24, 2.45) is 0 Å². The number of likely N-dealkylation sites (tertiary alicyclic amines) is 1. The van der Waals surface area contributed by atoms with Gasteiger partial charge in [-0.1, -0.05) is 30.0 Å². The normalized spacial score (nSPS) is 17.2. The molecule has 1 saturated heterocycles. The fraction of sp³-hybridized carbons (Fsp3) is 0.407. The summed E-state index contributed by atoms with van der Waals surface area (Å²) < 4.78 is 16.5. The number of hydrogen-bond acceptors (Lipinski definition) is 6. The van der Waals surface area contributed by atoms with E-state index in [1.54, 1.807) is 42.5 Å². The number of ether oxygens (including phenoxy) is 3. The van der Waals surface area contributed by atoms with Gasteiger partial charge in [-0.3, -0.25) is 9.59 Å². The molecule has 8 heteroatoms. The minimum absolute atomic E-state index is 0.0831. The van der Waals surface area contributed by atoms with Crippen molar-refractivity contribution in [3.05, 3.63) is 59.2 Å². The van der Waals surface area contributed by atoms with Crippen LogP contribution in [0.3, 0.4) is 0 Å². The molecule has 1 aliphatic rings. The molecule has 0 bridgehead atoms. The van der Waals surface area contributed by atoms with Crippen molar-refractivity contribution in [2.45, 2.75) is 26.8 Å². The molecule has 0 spiro atoms. The lowest BCUT2D eigenvalue weighted by atomic mass is 9.94. The van der Waals surface area contributed by atoms with E-state index < -0.39 is 23.5 Å². The van der Waals surface area contributed by atoms with Gasteiger partial charge in [-0.25, -0.2) is 0 Å². The number of benzene rings is 2. The summed E-state index contributed by atoms with van der Waals surface area (Å²) in [6.07, 6.45) is 0.